The average Bonchev–Trinajstić information content (AvgIpc) is 2.90. The van der Waals surface area contributed by atoms with Crippen LogP contribution in [0.5, 0.6) is 0 Å². The van der Waals surface area contributed by atoms with Crippen LogP contribution in [0.2, 0.25) is 0 Å². The topological polar surface area (TPSA) is 53.1 Å². The molecular formula is C14H16BrN3S. The standard InChI is InChI=1S/C14H16BrN3S/c1-9(13-4-3-7-19-13)18(2)12-6-5-10(14(16)17)8-11(12)15/h3-9H,1-2H3,(H3,16,17). The summed E-state index contributed by atoms with van der Waals surface area (Å²) in [6.45, 7) is 2.18. The number of benzene rings is 1. The number of hydrogen-bond donors (Lipinski definition) is 2. The van der Waals surface area contributed by atoms with Crippen molar-refractivity contribution >= 4 is 38.8 Å². The molecule has 1 aromatic carbocycles. The SMILES string of the molecule is CC(c1cccs1)N(C)c1ccc(C(=N)N)cc1Br. The van der Waals surface area contributed by atoms with Crippen molar-refractivity contribution in [2.75, 3.05) is 11.9 Å². The third-order valence-electron chi connectivity index (χ3n) is 3.17. The highest BCUT2D eigenvalue weighted by Crippen LogP contribution is 2.33. The molecule has 3 N–H and O–H groups in total. The van der Waals surface area contributed by atoms with Crippen LogP contribution in [0.1, 0.15) is 23.4 Å². The Balaban J connectivity index is 2.29. The van der Waals surface area contributed by atoms with Gasteiger partial charge < -0.3 is 10.6 Å². The number of hydrogen-bond acceptors (Lipinski definition) is 3. The van der Waals surface area contributed by atoms with Crippen molar-refractivity contribution < 1.29 is 0 Å². The summed E-state index contributed by atoms with van der Waals surface area (Å²) in [6, 6.07) is 10.3. The van der Waals surface area contributed by atoms with Crippen molar-refractivity contribution in [2.24, 2.45) is 5.73 Å². The van der Waals surface area contributed by atoms with Crippen LogP contribution in [-0.4, -0.2) is 12.9 Å². The lowest BCUT2D eigenvalue weighted by Crippen LogP contribution is -2.21. The Morgan fingerprint density at radius 3 is 2.68 bits per heavy atom. The summed E-state index contributed by atoms with van der Waals surface area (Å²) in [4.78, 5) is 3.53. The molecule has 1 aromatic heterocycles. The molecular weight excluding hydrogens is 322 g/mol. The number of anilines is 1. The van der Waals surface area contributed by atoms with E-state index in [4.69, 9.17) is 11.1 Å². The molecule has 0 fully saturated rings. The van der Waals surface area contributed by atoms with Gasteiger partial charge in [0.15, 0.2) is 0 Å². The molecule has 0 amide bonds. The van der Waals surface area contributed by atoms with E-state index >= 15 is 0 Å². The molecule has 5 heteroatoms. The zero-order chi connectivity index (χ0) is 14.0. The molecule has 19 heavy (non-hydrogen) atoms. The molecule has 0 saturated heterocycles. The minimum atomic E-state index is 0.0845. The normalized spacial score (nSPS) is 12.2. The Kier molecular flexibility index (Phi) is 4.27. The van der Waals surface area contributed by atoms with E-state index in [0.717, 1.165) is 15.7 Å². The summed E-state index contributed by atoms with van der Waals surface area (Å²) in [5.41, 5.74) is 7.31. The maximum absolute atomic E-state index is 7.45. The molecule has 100 valence electrons. The lowest BCUT2D eigenvalue weighted by atomic mass is 10.1. The summed E-state index contributed by atoms with van der Waals surface area (Å²) < 4.78 is 0.950. The van der Waals surface area contributed by atoms with Gasteiger partial charge in [0, 0.05) is 22.0 Å². The highest BCUT2D eigenvalue weighted by molar-refractivity contribution is 9.10. The molecule has 3 nitrogen and oxygen atoms in total. The first kappa shape index (κ1) is 14.1. The van der Waals surface area contributed by atoms with E-state index < -0.39 is 0 Å². The van der Waals surface area contributed by atoms with Gasteiger partial charge in [0.25, 0.3) is 0 Å². The van der Waals surface area contributed by atoms with E-state index in [1.807, 2.05) is 18.2 Å². The minimum absolute atomic E-state index is 0.0845. The van der Waals surface area contributed by atoms with E-state index in [0.29, 0.717) is 6.04 Å². The average molecular weight is 338 g/mol. The quantitative estimate of drug-likeness (QED) is 0.654. The number of nitrogen functional groups attached to an aromatic ring is 1. The van der Waals surface area contributed by atoms with Gasteiger partial charge in [0.1, 0.15) is 5.84 Å². The summed E-state index contributed by atoms with van der Waals surface area (Å²) in [5, 5.41) is 9.54. The molecule has 0 aliphatic rings. The summed E-state index contributed by atoms with van der Waals surface area (Å²) in [7, 11) is 2.07. The molecule has 0 bridgehead atoms. The Morgan fingerprint density at radius 2 is 2.16 bits per heavy atom. The maximum atomic E-state index is 7.45. The Morgan fingerprint density at radius 1 is 1.42 bits per heavy atom. The van der Waals surface area contributed by atoms with Crippen LogP contribution in [0.25, 0.3) is 0 Å². The Labute approximate surface area is 125 Å². The van der Waals surface area contributed by atoms with E-state index in [9.17, 15) is 0 Å². The second-order valence-electron chi connectivity index (χ2n) is 4.38. The molecule has 2 aromatic rings. The molecule has 0 saturated carbocycles. The van der Waals surface area contributed by atoms with Crippen LogP contribution in [-0.2, 0) is 0 Å². The van der Waals surface area contributed by atoms with Crippen molar-refractivity contribution in [1.82, 2.24) is 0 Å². The van der Waals surface area contributed by atoms with Crippen molar-refractivity contribution in [2.45, 2.75) is 13.0 Å². The largest absolute Gasteiger partial charge is 0.384 e. The molecule has 0 aliphatic heterocycles. The fourth-order valence-electron chi connectivity index (χ4n) is 1.89. The van der Waals surface area contributed by atoms with Crippen molar-refractivity contribution in [3.8, 4) is 0 Å². The zero-order valence-electron chi connectivity index (χ0n) is 10.9. The van der Waals surface area contributed by atoms with Gasteiger partial charge in [-0.2, -0.15) is 0 Å². The lowest BCUT2D eigenvalue weighted by molar-refractivity contribution is 0.752. The Bertz CT molecular complexity index is 580. The maximum Gasteiger partial charge on any atom is 0.122 e. The molecule has 0 radical (unpaired) electrons. The fourth-order valence-corrected chi connectivity index (χ4v) is 3.37. The fraction of sp³-hybridized carbons (Fsp3) is 0.214. The summed E-state index contributed by atoms with van der Waals surface area (Å²) >= 11 is 5.31. The number of thiophene rings is 1. The van der Waals surface area contributed by atoms with Gasteiger partial charge >= 0.3 is 0 Å². The van der Waals surface area contributed by atoms with Gasteiger partial charge in [-0.1, -0.05) is 6.07 Å². The second kappa shape index (κ2) is 5.75. The number of nitrogens with two attached hydrogens (primary N) is 1. The van der Waals surface area contributed by atoms with Crippen LogP contribution < -0.4 is 10.6 Å². The summed E-state index contributed by atoms with van der Waals surface area (Å²) in [5.74, 6) is 0.0845. The van der Waals surface area contributed by atoms with Crippen molar-refractivity contribution in [3.05, 3.63) is 50.6 Å². The molecule has 0 aliphatic carbocycles. The number of rotatable bonds is 4. The van der Waals surface area contributed by atoms with E-state index in [1.54, 1.807) is 11.3 Å². The van der Waals surface area contributed by atoms with Gasteiger partial charge in [-0.15, -0.1) is 11.3 Å². The first-order valence-electron chi connectivity index (χ1n) is 5.91. The smallest absolute Gasteiger partial charge is 0.122 e. The van der Waals surface area contributed by atoms with E-state index in [1.165, 1.54) is 4.88 Å². The monoisotopic (exact) mass is 337 g/mol. The third-order valence-corrected chi connectivity index (χ3v) is 4.85. The highest BCUT2D eigenvalue weighted by Gasteiger charge is 2.15. The van der Waals surface area contributed by atoms with Gasteiger partial charge in [-0.25, -0.2) is 0 Å². The van der Waals surface area contributed by atoms with Gasteiger partial charge in [0.2, 0.25) is 0 Å². The van der Waals surface area contributed by atoms with Gasteiger partial charge in [-0.3, -0.25) is 5.41 Å². The van der Waals surface area contributed by atoms with Crippen LogP contribution in [0.3, 0.4) is 0 Å². The molecule has 1 heterocycles. The van der Waals surface area contributed by atoms with E-state index in [2.05, 4.69) is 52.3 Å². The van der Waals surface area contributed by atoms with E-state index in [-0.39, 0.29) is 5.84 Å². The van der Waals surface area contributed by atoms with Gasteiger partial charge in [-0.05, 0) is 52.5 Å². The first-order chi connectivity index (χ1) is 9.00. The molecule has 1 unspecified atom stereocenters. The highest BCUT2D eigenvalue weighted by atomic mass is 79.9. The number of nitrogens with zero attached hydrogens (tertiary/aromatic N) is 1. The second-order valence-corrected chi connectivity index (χ2v) is 6.22. The van der Waals surface area contributed by atoms with Crippen molar-refractivity contribution in [3.63, 3.8) is 0 Å². The number of halogens is 1. The van der Waals surface area contributed by atoms with Crippen LogP contribution in [0.4, 0.5) is 5.69 Å². The third kappa shape index (κ3) is 2.98. The minimum Gasteiger partial charge on any atom is -0.384 e. The van der Waals surface area contributed by atoms with Crippen LogP contribution in [0.15, 0.2) is 40.2 Å². The predicted molar refractivity (Wildman–Crippen MR) is 86.3 cm³/mol. The molecule has 1 atom stereocenters. The predicted octanol–water partition coefficient (Wildman–Crippen LogP) is 3.99. The first-order valence-corrected chi connectivity index (χ1v) is 7.58. The lowest BCUT2D eigenvalue weighted by Gasteiger charge is -2.27. The van der Waals surface area contributed by atoms with Crippen LogP contribution >= 0.6 is 27.3 Å². The number of nitrogens with one attached hydrogen (secondary N) is 1. The molecule has 0 spiro atoms. The summed E-state index contributed by atoms with van der Waals surface area (Å²) in [6.07, 6.45) is 0. The Hall–Kier alpha value is -1.33. The zero-order valence-corrected chi connectivity index (χ0v) is 13.3. The number of amidine groups is 1. The van der Waals surface area contributed by atoms with Crippen LogP contribution in [0, 0.1) is 5.41 Å². The van der Waals surface area contributed by atoms with Gasteiger partial charge in [0.05, 0.1) is 11.7 Å². The molecule has 2 rings (SSSR count). The van der Waals surface area contributed by atoms with Crippen molar-refractivity contribution in [1.29, 1.82) is 5.41 Å².